The summed E-state index contributed by atoms with van der Waals surface area (Å²) in [6, 6.07) is 0. The monoisotopic (exact) mass is 210 g/mol. The van der Waals surface area contributed by atoms with Gasteiger partial charge in [-0.1, -0.05) is 27.7 Å². The molecular formula is C8H18O2S2. The van der Waals surface area contributed by atoms with Crippen LogP contribution >= 0.6 is 0 Å². The Balaban J connectivity index is 3.69. The first-order chi connectivity index (χ1) is 5.45. The summed E-state index contributed by atoms with van der Waals surface area (Å²) in [4.78, 5) is 0. The summed E-state index contributed by atoms with van der Waals surface area (Å²) in [6.45, 7) is 7.70. The maximum absolute atomic E-state index is 11.2. The number of hydrogen-bond acceptors (Lipinski definition) is 2. The fourth-order valence-electron chi connectivity index (χ4n) is 0.636. The SMILES string of the molecule is CC(C)S(=O)CCS(=O)C(C)C. The third-order valence-electron chi connectivity index (χ3n) is 1.54. The lowest BCUT2D eigenvalue weighted by Gasteiger charge is -2.07. The third-order valence-corrected chi connectivity index (χ3v) is 5.11. The quantitative estimate of drug-likeness (QED) is 0.685. The highest BCUT2D eigenvalue weighted by atomic mass is 32.2. The number of rotatable bonds is 5. The Morgan fingerprint density at radius 3 is 1.25 bits per heavy atom. The zero-order valence-corrected chi connectivity index (χ0v) is 9.83. The molecule has 2 nitrogen and oxygen atoms in total. The minimum atomic E-state index is -0.802. The molecule has 0 heterocycles. The van der Waals surface area contributed by atoms with Crippen molar-refractivity contribution in [2.75, 3.05) is 11.5 Å². The first kappa shape index (κ1) is 12.3. The Morgan fingerprint density at radius 2 is 1.08 bits per heavy atom. The van der Waals surface area contributed by atoms with E-state index in [1.807, 2.05) is 27.7 Å². The van der Waals surface area contributed by atoms with Gasteiger partial charge in [0.2, 0.25) is 0 Å². The molecule has 0 fully saturated rings. The average Bonchev–Trinajstić information content (AvgIpc) is 1.98. The Bertz CT molecular complexity index is 156. The minimum absolute atomic E-state index is 0.189. The van der Waals surface area contributed by atoms with Gasteiger partial charge in [-0.05, 0) is 0 Å². The lowest BCUT2D eigenvalue weighted by Crippen LogP contribution is -2.18. The summed E-state index contributed by atoms with van der Waals surface area (Å²) in [7, 11) is -1.60. The molecule has 0 aliphatic rings. The van der Waals surface area contributed by atoms with Crippen LogP contribution in [0.5, 0.6) is 0 Å². The Labute approximate surface area is 80.0 Å². The Hall–Kier alpha value is 0.300. The fourth-order valence-corrected chi connectivity index (χ4v) is 2.89. The van der Waals surface area contributed by atoms with Crippen LogP contribution in [0.2, 0.25) is 0 Å². The van der Waals surface area contributed by atoms with E-state index >= 15 is 0 Å². The van der Waals surface area contributed by atoms with E-state index in [4.69, 9.17) is 0 Å². The van der Waals surface area contributed by atoms with Gasteiger partial charge >= 0.3 is 0 Å². The maximum Gasteiger partial charge on any atom is 0.0353 e. The van der Waals surface area contributed by atoms with Gasteiger partial charge in [-0.3, -0.25) is 8.42 Å². The van der Waals surface area contributed by atoms with Crippen molar-refractivity contribution >= 4 is 21.6 Å². The molecule has 12 heavy (non-hydrogen) atoms. The summed E-state index contributed by atoms with van der Waals surface area (Å²) in [5, 5.41) is 0.378. The fraction of sp³-hybridized carbons (Fsp3) is 1.00. The molecule has 0 radical (unpaired) electrons. The third kappa shape index (κ3) is 5.04. The van der Waals surface area contributed by atoms with E-state index in [2.05, 4.69) is 0 Å². The van der Waals surface area contributed by atoms with Gasteiger partial charge in [0, 0.05) is 43.6 Å². The second-order valence-corrected chi connectivity index (χ2v) is 7.49. The van der Waals surface area contributed by atoms with Crippen molar-refractivity contribution in [3.63, 3.8) is 0 Å². The van der Waals surface area contributed by atoms with Gasteiger partial charge in [-0.2, -0.15) is 0 Å². The molecule has 74 valence electrons. The topological polar surface area (TPSA) is 34.1 Å². The highest BCUT2D eigenvalue weighted by molar-refractivity contribution is 7.89. The van der Waals surface area contributed by atoms with Crippen LogP contribution in [0.15, 0.2) is 0 Å². The zero-order valence-electron chi connectivity index (χ0n) is 8.20. The minimum Gasteiger partial charge on any atom is -0.259 e. The van der Waals surface area contributed by atoms with E-state index < -0.39 is 21.6 Å². The average molecular weight is 210 g/mol. The van der Waals surface area contributed by atoms with Crippen molar-refractivity contribution in [1.82, 2.24) is 0 Å². The smallest absolute Gasteiger partial charge is 0.0353 e. The van der Waals surface area contributed by atoms with Gasteiger partial charge in [0.05, 0.1) is 0 Å². The van der Waals surface area contributed by atoms with E-state index in [1.54, 1.807) is 0 Å². The molecule has 0 bridgehead atoms. The molecule has 0 aromatic rings. The van der Waals surface area contributed by atoms with Crippen molar-refractivity contribution in [3.8, 4) is 0 Å². The molecule has 4 heteroatoms. The normalized spacial score (nSPS) is 16.8. The predicted octanol–water partition coefficient (Wildman–Crippen LogP) is 1.30. The molecular weight excluding hydrogens is 192 g/mol. The van der Waals surface area contributed by atoms with Crippen molar-refractivity contribution in [2.45, 2.75) is 38.2 Å². The second kappa shape index (κ2) is 5.86. The molecule has 0 spiro atoms. The Morgan fingerprint density at radius 1 is 0.833 bits per heavy atom. The maximum atomic E-state index is 11.2. The van der Waals surface area contributed by atoms with Crippen LogP contribution in [0.1, 0.15) is 27.7 Å². The van der Waals surface area contributed by atoms with Crippen molar-refractivity contribution in [2.24, 2.45) is 0 Å². The summed E-state index contributed by atoms with van der Waals surface area (Å²) >= 11 is 0. The second-order valence-electron chi connectivity index (χ2n) is 3.27. The van der Waals surface area contributed by atoms with E-state index in [-0.39, 0.29) is 10.5 Å². The molecule has 0 amide bonds. The van der Waals surface area contributed by atoms with Crippen LogP contribution in [0.3, 0.4) is 0 Å². The van der Waals surface area contributed by atoms with Gasteiger partial charge < -0.3 is 0 Å². The molecule has 0 aromatic carbocycles. The summed E-state index contributed by atoms with van der Waals surface area (Å²) in [5.41, 5.74) is 0. The molecule has 0 aliphatic carbocycles. The molecule has 0 aromatic heterocycles. The lowest BCUT2D eigenvalue weighted by atomic mass is 10.6. The predicted molar refractivity (Wildman–Crippen MR) is 56.3 cm³/mol. The van der Waals surface area contributed by atoms with Crippen LogP contribution in [0.4, 0.5) is 0 Å². The molecule has 0 saturated heterocycles. The van der Waals surface area contributed by atoms with Crippen molar-refractivity contribution in [1.29, 1.82) is 0 Å². The lowest BCUT2D eigenvalue weighted by molar-refractivity contribution is 0.671. The van der Waals surface area contributed by atoms with Crippen LogP contribution in [0, 0.1) is 0 Å². The molecule has 2 unspecified atom stereocenters. The van der Waals surface area contributed by atoms with Crippen LogP contribution in [-0.4, -0.2) is 30.4 Å². The van der Waals surface area contributed by atoms with Crippen molar-refractivity contribution in [3.05, 3.63) is 0 Å². The zero-order chi connectivity index (χ0) is 9.72. The van der Waals surface area contributed by atoms with Crippen LogP contribution < -0.4 is 0 Å². The molecule has 0 aliphatic heterocycles. The molecule has 0 saturated carbocycles. The summed E-state index contributed by atoms with van der Waals surface area (Å²) in [5.74, 6) is 1.14. The Kier molecular flexibility index (Phi) is 6.01. The summed E-state index contributed by atoms with van der Waals surface area (Å²) in [6.07, 6.45) is 0. The van der Waals surface area contributed by atoms with E-state index in [0.29, 0.717) is 11.5 Å². The van der Waals surface area contributed by atoms with Gasteiger partial charge in [0.25, 0.3) is 0 Å². The number of hydrogen-bond donors (Lipinski definition) is 0. The largest absolute Gasteiger partial charge is 0.259 e. The molecule has 0 rings (SSSR count). The van der Waals surface area contributed by atoms with Gasteiger partial charge in [0.1, 0.15) is 0 Å². The highest BCUT2D eigenvalue weighted by Crippen LogP contribution is 1.98. The van der Waals surface area contributed by atoms with Crippen LogP contribution in [0.25, 0.3) is 0 Å². The summed E-state index contributed by atoms with van der Waals surface area (Å²) < 4.78 is 22.5. The van der Waals surface area contributed by atoms with Gasteiger partial charge in [-0.25, -0.2) is 0 Å². The van der Waals surface area contributed by atoms with Gasteiger partial charge in [0.15, 0.2) is 0 Å². The van der Waals surface area contributed by atoms with E-state index in [9.17, 15) is 8.42 Å². The first-order valence-electron chi connectivity index (χ1n) is 4.19. The first-order valence-corrected chi connectivity index (χ1v) is 6.96. The van der Waals surface area contributed by atoms with Crippen LogP contribution in [-0.2, 0) is 21.6 Å². The molecule has 0 N–H and O–H groups in total. The van der Waals surface area contributed by atoms with Gasteiger partial charge in [-0.15, -0.1) is 0 Å². The standard InChI is InChI=1S/C8H18O2S2/c1-7(2)11(9)5-6-12(10)8(3)4/h7-8H,5-6H2,1-4H3. The molecule has 2 atom stereocenters. The van der Waals surface area contributed by atoms with E-state index in [0.717, 1.165) is 0 Å². The highest BCUT2D eigenvalue weighted by Gasteiger charge is 2.09. The van der Waals surface area contributed by atoms with Crippen molar-refractivity contribution < 1.29 is 8.42 Å². The van der Waals surface area contributed by atoms with E-state index in [1.165, 1.54) is 0 Å².